The van der Waals surface area contributed by atoms with Gasteiger partial charge in [0.2, 0.25) is 0 Å². The molecule has 0 unspecified atom stereocenters. The SMILES string of the molecule is CCCc1nc(COCC(F)(F)F)[nH]c(=O)c1Br. The molecule has 0 amide bonds. The number of alkyl halides is 3. The van der Waals surface area contributed by atoms with Gasteiger partial charge in [0, 0.05) is 0 Å². The molecule has 0 fully saturated rings. The summed E-state index contributed by atoms with van der Waals surface area (Å²) in [5, 5.41) is 0. The van der Waals surface area contributed by atoms with Crippen molar-refractivity contribution in [2.24, 2.45) is 0 Å². The minimum absolute atomic E-state index is 0.0934. The number of aromatic nitrogens is 2. The normalized spacial score (nSPS) is 11.8. The predicted molar refractivity (Wildman–Crippen MR) is 62.3 cm³/mol. The van der Waals surface area contributed by atoms with E-state index in [-0.39, 0.29) is 12.4 Å². The Kier molecular flexibility index (Phi) is 5.33. The maximum absolute atomic E-state index is 11.9. The maximum atomic E-state index is 11.9. The Morgan fingerprint density at radius 2 is 2.11 bits per heavy atom. The van der Waals surface area contributed by atoms with Crippen molar-refractivity contribution in [3.63, 3.8) is 0 Å². The fourth-order valence-corrected chi connectivity index (χ4v) is 1.68. The Labute approximate surface area is 110 Å². The Morgan fingerprint density at radius 3 is 2.67 bits per heavy atom. The number of hydrogen-bond donors (Lipinski definition) is 1. The second kappa shape index (κ2) is 6.33. The maximum Gasteiger partial charge on any atom is 0.411 e. The molecule has 8 heteroatoms. The molecule has 0 radical (unpaired) electrons. The number of ether oxygens (including phenoxy) is 1. The molecule has 0 aliphatic rings. The quantitative estimate of drug-likeness (QED) is 0.903. The van der Waals surface area contributed by atoms with Crippen molar-refractivity contribution in [2.75, 3.05) is 6.61 Å². The van der Waals surface area contributed by atoms with Crippen molar-refractivity contribution >= 4 is 15.9 Å². The number of halogens is 4. The zero-order chi connectivity index (χ0) is 13.8. The Hall–Kier alpha value is -0.890. The van der Waals surface area contributed by atoms with Gasteiger partial charge >= 0.3 is 6.18 Å². The molecule has 102 valence electrons. The van der Waals surface area contributed by atoms with E-state index in [9.17, 15) is 18.0 Å². The fourth-order valence-electron chi connectivity index (χ4n) is 1.29. The third-order valence-electron chi connectivity index (χ3n) is 1.97. The van der Waals surface area contributed by atoms with Crippen LogP contribution in [0, 0.1) is 0 Å². The zero-order valence-electron chi connectivity index (χ0n) is 9.60. The van der Waals surface area contributed by atoms with Gasteiger partial charge in [-0.15, -0.1) is 0 Å². The van der Waals surface area contributed by atoms with Gasteiger partial charge in [-0.25, -0.2) is 4.98 Å². The summed E-state index contributed by atoms with van der Waals surface area (Å²) in [5.74, 6) is 0.0934. The molecule has 0 saturated carbocycles. The molecule has 0 aliphatic heterocycles. The Morgan fingerprint density at radius 1 is 1.44 bits per heavy atom. The molecule has 1 rings (SSSR count). The van der Waals surface area contributed by atoms with E-state index in [1.165, 1.54) is 0 Å². The lowest BCUT2D eigenvalue weighted by atomic mass is 10.2. The molecule has 0 aromatic carbocycles. The van der Waals surface area contributed by atoms with Crippen molar-refractivity contribution in [1.82, 2.24) is 9.97 Å². The average molecular weight is 329 g/mol. The van der Waals surface area contributed by atoms with E-state index >= 15 is 0 Å². The first-order valence-electron chi connectivity index (χ1n) is 5.25. The molecule has 0 spiro atoms. The molecule has 1 aromatic rings. The number of aromatic amines is 1. The first-order valence-corrected chi connectivity index (χ1v) is 6.05. The highest BCUT2D eigenvalue weighted by Gasteiger charge is 2.27. The van der Waals surface area contributed by atoms with Gasteiger partial charge < -0.3 is 9.72 Å². The average Bonchev–Trinajstić information content (AvgIpc) is 2.23. The second-order valence-corrected chi connectivity index (χ2v) is 4.42. The number of H-pyrrole nitrogens is 1. The van der Waals surface area contributed by atoms with Crippen LogP contribution in [0.2, 0.25) is 0 Å². The third-order valence-corrected chi connectivity index (χ3v) is 2.79. The van der Waals surface area contributed by atoms with Crippen LogP contribution in [0.4, 0.5) is 13.2 Å². The summed E-state index contributed by atoms with van der Waals surface area (Å²) >= 11 is 3.09. The molecule has 1 heterocycles. The fraction of sp³-hybridized carbons (Fsp3) is 0.600. The van der Waals surface area contributed by atoms with E-state index in [0.717, 1.165) is 6.42 Å². The molecule has 0 aliphatic carbocycles. The summed E-state index contributed by atoms with van der Waals surface area (Å²) in [6.07, 6.45) is -3.05. The monoisotopic (exact) mass is 328 g/mol. The van der Waals surface area contributed by atoms with E-state index < -0.39 is 18.3 Å². The topological polar surface area (TPSA) is 55.0 Å². The van der Waals surface area contributed by atoms with E-state index in [2.05, 4.69) is 30.6 Å². The summed E-state index contributed by atoms with van der Waals surface area (Å²) in [6, 6.07) is 0. The lowest BCUT2D eigenvalue weighted by Crippen LogP contribution is -2.20. The first kappa shape index (κ1) is 15.2. The van der Waals surface area contributed by atoms with Crippen molar-refractivity contribution < 1.29 is 17.9 Å². The molecular formula is C10H12BrF3N2O2. The summed E-state index contributed by atoms with van der Waals surface area (Å²) in [4.78, 5) is 17.9. The van der Waals surface area contributed by atoms with Gasteiger partial charge in [-0.1, -0.05) is 13.3 Å². The molecule has 0 bridgehead atoms. The highest BCUT2D eigenvalue weighted by molar-refractivity contribution is 9.10. The highest BCUT2D eigenvalue weighted by atomic mass is 79.9. The van der Waals surface area contributed by atoms with Crippen LogP contribution in [0.3, 0.4) is 0 Å². The summed E-state index contributed by atoms with van der Waals surface area (Å²) in [5.41, 5.74) is 0.103. The van der Waals surface area contributed by atoms with Crippen LogP contribution in [0.15, 0.2) is 9.27 Å². The lowest BCUT2D eigenvalue weighted by molar-refractivity contribution is -0.177. The summed E-state index contributed by atoms with van der Waals surface area (Å²) in [7, 11) is 0. The van der Waals surface area contributed by atoms with Gasteiger partial charge in [0.25, 0.3) is 5.56 Å². The standard InChI is InChI=1S/C10H12BrF3N2O2/c1-2-3-6-8(11)9(17)16-7(15-6)4-18-5-10(12,13)14/h2-5H2,1H3,(H,15,16,17). The van der Waals surface area contributed by atoms with Crippen molar-refractivity contribution in [3.8, 4) is 0 Å². The van der Waals surface area contributed by atoms with Crippen LogP contribution in [0.1, 0.15) is 24.9 Å². The minimum Gasteiger partial charge on any atom is -0.364 e. The molecular weight excluding hydrogens is 317 g/mol. The Bertz CT molecular complexity index is 459. The molecule has 18 heavy (non-hydrogen) atoms. The number of nitrogens with zero attached hydrogens (tertiary/aromatic N) is 1. The van der Waals surface area contributed by atoms with Crippen molar-refractivity contribution in [3.05, 3.63) is 26.3 Å². The summed E-state index contributed by atoms with van der Waals surface area (Å²) in [6.45, 7) is 0.170. The number of aryl methyl sites for hydroxylation is 1. The van der Waals surface area contributed by atoms with Crippen LogP contribution < -0.4 is 5.56 Å². The number of hydrogen-bond acceptors (Lipinski definition) is 3. The minimum atomic E-state index is -4.39. The molecule has 1 aromatic heterocycles. The third kappa shape index (κ3) is 4.77. The van der Waals surface area contributed by atoms with Crippen LogP contribution in [-0.4, -0.2) is 22.8 Å². The molecule has 4 nitrogen and oxygen atoms in total. The van der Waals surface area contributed by atoms with Gasteiger partial charge in [-0.2, -0.15) is 13.2 Å². The number of nitrogens with one attached hydrogen (secondary N) is 1. The van der Waals surface area contributed by atoms with Crippen molar-refractivity contribution in [1.29, 1.82) is 0 Å². The van der Waals surface area contributed by atoms with Crippen LogP contribution in [-0.2, 0) is 17.8 Å². The van der Waals surface area contributed by atoms with Gasteiger partial charge in [0.15, 0.2) is 0 Å². The van der Waals surface area contributed by atoms with Gasteiger partial charge in [0.05, 0.1) is 5.69 Å². The molecule has 0 atom stereocenters. The molecule has 0 saturated heterocycles. The van der Waals surface area contributed by atoms with Crippen molar-refractivity contribution in [2.45, 2.75) is 32.5 Å². The van der Waals surface area contributed by atoms with E-state index in [1.54, 1.807) is 0 Å². The van der Waals surface area contributed by atoms with Gasteiger partial charge in [-0.05, 0) is 22.4 Å². The second-order valence-electron chi connectivity index (χ2n) is 3.63. The van der Waals surface area contributed by atoms with Crippen LogP contribution in [0.25, 0.3) is 0 Å². The molecule has 1 N–H and O–H groups in total. The van der Waals surface area contributed by atoms with Gasteiger partial charge in [-0.3, -0.25) is 4.79 Å². The smallest absolute Gasteiger partial charge is 0.364 e. The van der Waals surface area contributed by atoms with Crippen LogP contribution in [0.5, 0.6) is 0 Å². The lowest BCUT2D eigenvalue weighted by Gasteiger charge is -2.08. The largest absolute Gasteiger partial charge is 0.411 e. The predicted octanol–water partition coefficient (Wildman–Crippen LogP) is 2.56. The van der Waals surface area contributed by atoms with E-state index in [4.69, 9.17) is 0 Å². The van der Waals surface area contributed by atoms with E-state index in [0.29, 0.717) is 16.6 Å². The summed E-state index contributed by atoms with van der Waals surface area (Å²) < 4.78 is 40.4. The van der Waals surface area contributed by atoms with Gasteiger partial charge in [0.1, 0.15) is 23.5 Å². The zero-order valence-corrected chi connectivity index (χ0v) is 11.2. The van der Waals surface area contributed by atoms with E-state index in [1.807, 2.05) is 6.92 Å². The Balaban J connectivity index is 2.75. The number of rotatable bonds is 5. The van der Waals surface area contributed by atoms with Crippen LogP contribution >= 0.6 is 15.9 Å². The first-order chi connectivity index (χ1) is 8.33. The highest BCUT2D eigenvalue weighted by Crippen LogP contribution is 2.15.